The van der Waals surface area contributed by atoms with Crippen molar-refractivity contribution in [2.75, 3.05) is 0 Å². The Hall–Kier alpha value is -2.21. The van der Waals surface area contributed by atoms with Gasteiger partial charge in [-0.15, -0.1) is 0 Å². The maximum absolute atomic E-state index is 9.75. The van der Waals surface area contributed by atoms with Crippen molar-refractivity contribution in [1.82, 2.24) is 0 Å². The van der Waals surface area contributed by atoms with Gasteiger partial charge in [0.05, 0.1) is 0 Å². The molecule has 0 atom stereocenters. The highest BCUT2D eigenvalue weighted by Crippen LogP contribution is 2.31. The molecule has 2 aromatic carbocycles. The standard InChI is InChI=1S/C18H15S.BF4/c1-14-12-17(15-8-4-2-5-9-15)13-18(19-14)16-10-6-3-7-11-16;2-1(3,4)5/h2-13H,1H3;/q+1;-1. The third-order valence-corrected chi connectivity index (χ3v) is 4.10. The van der Waals surface area contributed by atoms with Crippen molar-refractivity contribution in [3.05, 3.63) is 77.7 Å². The van der Waals surface area contributed by atoms with Crippen molar-refractivity contribution in [3.8, 4) is 21.6 Å². The van der Waals surface area contributed by atoms with E-state index in [1.165, 1.54) is 26.4 Å². The van der Waals surface area contributed by atoms with Crippen LogP contribution in [0.2, 0.25) is 0 Å². The number of halogens is 4. The normalized spacial score (nSPS) is 10.7. The second-order valence-electron chi connectivity index (χ2n) is 5.05. The van der Waals surface area contributed by atoms with Crippen molar-refractivity contribution in [3.63, 3.8) is 0 Å². The summed E-state index contributed by atoms with van der Waals surface area (Å²) in [6.07, 6.45) is 0. The fourth-order valence-corrected chi connectivity index (χ4v) is 3.15. The lowest BCUT2D eigenvalue weighted by atomic mass is 10.1. The molecule has 24 heavy (non-hydrogen) atoms. The van der Waals surface area contributed by atoms with E-state index in [-0.39, 0.29) is 0 Å². The summed E-state index contributed by atoms with van der Waals surface area (Å²) in [4.78, 5) is 2.65. The zero-order valence-corrected chi connectivity index (χ0v) is 13.7. The molecular weight excluding hydrogens is 335 g/mol. The first kappa shape index (κ1) is 18.1. The quantitative estimate of drug-likeness (QED) is 0.266. The molecule has 6 heteroatoms. The van der Waals surface area contributed by atoms with Gasteiger partial charge in [-0.2, -0.15) is 0 Å². The Labute approximate surface area is 142 Å². The Morgan fingerprint density at radius 3 is 1.62 bits per heavy atom. The zero-order valence-electron chi connectivity index (χ0n) is 12.9. The molecule has 0 saturated carbocycles. The van der Waals surface area contributed by atoms with Gasteiger partial charge < -0.3 is 17.3 Å². The van der Waals surface area contributed by atoms with Crippen LogP contribution in [0.3, 0.4) is 0 Å². The molecule has 0 nitrogen and oxygen atoms in total. The van der Waals surface area contributed by atoms with Gasteiger partial charge in [-0.05, 0) is 23.3 Å². The second-order valence-corrected chi connectivity index (χ2v) is 6.34. The average molecular weight is 350 g/mol. The van der Waals surface area contributed by atoms with Crippen molar-refractivity contribution in [2.24, 2.45) is 0 Å². The second kappa shape index (κ2) is 8.06. The number of benzene rings is 2. The van der Waals surface area contributed by atoms with E-state index in [1.54, 1.807) is 0 Å². The Bertz CT molecular complexity index is 710. The highest BCUT2D eigenvalue weighted by Gasteiger charge is 2.20. The summed E-state index contributed by atoms with van der Waals surface area (Å²) in [6, 6.07) is 25.7. The van der Waals surface area contributed by atoms with Gasteiger partial charge in [0.25, 0.3) is 0 Å². The first-order valence-electron chi connectivity index (χ1n) is 7.26. The SMILES string of the molecule is Cc1cc(-c2ccccc2)cc(-c2ccccc2)[s+]1.F[B-](F)(F)F. The third-order valence-electron chi connectivity index (χ3n) is 3.08. The van der Waals surface area contributed by atoms with Crippen molar-refractivity contribution < 1.29 is 17.3 Å². The van der Waals surface area contributed by atoms with Crippen LogP contribution in [0.15, 0.2) is 72.8 Å². The molecule has 0 amide bonds. The Morgan fingerprint density at radius 2 is 1.12 bits per heavy atom. The minimum atomic E-state index is -6.00. The Balaban J connectivity index is 0.000000368. The van der Waals surface area contributed by atoms with Crippen molar-refractivity contribution in [2.45, 2.75) is 6.92 Å². The molecule has 0 aliphatic carbocycles. The van der Waals surface area contributed by atoms with E-state index in [4.69, 9.17) is 0 Å². The molecule has 0 aliphatic rings. The summed E-state index contributed by atoms with van der Waals surface area (Å²) in [5.74, 6) is 0. The molecule has 3 aromatic rings. The molecule has 3 rings (SSSR count). The fraction of sp³-hybridized carbons (Fsp3) is 0.0556. The van der Waals surface area contributed by atoms with Crippen LogP contribution < -0.4 is 0 Å². The van der Waals surface area contributed by atoms with Gasteiger partial charge in [-0.25, -0.2) is 0 Å². The predicted octanol–water partition coefficient (Wildman–Crippen LogP) is 6.97. The van der Waals surface area contributed by atoms with Gasteiger partial charge in [0.1, 0.15) is 0 Å². The maximum Gasteiger partial charge on any atom is 0.673 e. The molecule has 0 N–H and O–H groups in total. The molecule has 124 valence electrons. The van der Waals surface area contributed by atoms with Crippen LogP contribution >= 0.6 is 11.3 Å². The van der Waals surface area contributed by atoms with E-state index in [0.717, 1.165) is 0 Å². The van der Waals surface area contributed by atoms with E-state index in [1.807, 2.05) is 11.3 Å². The van der Waals surface area contributed by atoms with Crippen LogP contribution in [-0.4, -0.2) is 7.25 Å². The lowest BCUT2D eigenvalue weighted by molar-refractivity contribution is 0.368. The predicted molar refractivity (Wildman–Crippen MR) is 94.5 cm³/mol. The largest absolute Gasteiger partial charge is 0.673 e. The van der Waals surface area contributed by atoms with E-state index in [9.17, 15) is 17.3 Å². The Morgan fingerprint density at radius 1 is 0.667 bits per heavy atom. The smallest absolute Gasteiger partial charge is 0.418 e. The topological polar surface area (TPSA) is 0 Å². The highest BCUT2D eigenvalue weighted by atomic mass is 32.1. The van der Waals surface area contributed by atoms with E-state index >= 15 is 0 Å². The molecule has 1 heterocycles. The van der Waals surface area contributed by atoms with Gasteiger partial charge >= 0.3 is 7.25 Å². The summed E-state index contributed by atoms with van der Waals surface area (Å²) < 4.78 is 39.0. The molecular formula is C18H15BF4S. The fourth-order valence-electron chi connectivity index (χ4n) is 2.18. The van der Waals surface area contributed by atoms with Crippen LogP contribution in [0.5, 0.6) is 0 Å². The first-order valence-corrected chi connectivity index (χ1v) is 8.07. The molecule has 0 bridgehead atoms. The van der Waals surface area contributed by atoms with Crippen LogP contribution in [0, 0.1) is 6.92 Å². The number of hydrogen-bond acceptors (Lipinski definition) is 0. The summed E-state index contributed by atoms with van der Waals surface area (Å²) in [6.45, 7) is 2.17. The van der Waals surface area contributed by atoms with Crippen LogP contribution in [0.1, 0.15) is 4.88 Å². The number of rotatable bonds is 2. The lowest BCUT2D eigenvalue weighted by Crippen LogP contribution is -2.02. The highest BCUT2D eigenvalue weighted by molar-refractivity contribution is 7.15. The zero-order chi connectivity index (χ0) is 17.6. The van der Waals surface area contributed by atoms with Gasteiger partial charge in [0.15, 0.2) is 0 Å². The third kappa shape index (κ3) is 6.12. The van der Waals surface area contributed by atoms with Crippen LogP contribution in [0.25, 0.3) is 21.6 Å². The monoisotopic (exact) mass is 350 g/mol. The van der Waals surface area contributed by atoms with E-state index in [0.29, 0.717) is 0 Å². The van der Waals surface area contributed by atoms with Gasteiger partial charge in [0.2, 0.25) is 21.1 Å². The van der Waals surface area contributed by atoms with Crippen LogP contribution in [0.4, 0.5) is 17.3 Å². The Kier molecular flexibility index (Phi) is 6.09. The average Bonchev–Trinajstić information content (AvgIpc) is 2.54. The van der Waals surface area contributed by atoms with Gasteiger partial charge in [-0.1, -0.05) is 48.5 Å². The van der Waals surface area contributed by atoms with E-state index in [2.05, 4.69) is 79.7 Å². The number of hydrogen-bond donors (Lipinski definition) is 0. The molecule has 0 aliphatic heterocycles. The minimum Gasteiger partial charge on any atom is -0.418 e. The molecule has 0 fully saturated rings. The van der Waals surface area contributed by atoms with E-state index < -0.39 is 7.25 Å². The maximum atomic E-state index is 9.75. The summed E-state index contributed by atoms with van der Waals surface area (Å²) in [7, 11) is -6.00. The molecule has 0 radical (unpaired) electrons. The molecule has 0 saturated heterocycles. The van der Waals surface area contributed by atoms with Crippen LogP contribution in [-0.2, 0) is 0 Å². The van der Waals surface area contributed by atoms with Gasteiger partial charge in [0, 0.05) is 24.6 Å². The number of aryl methyl sites for hydroxylation is 1. The molecule has 0 spiro atoms. The van der Waals surface area contributed by atoms with Crippen molar-refractivity contribution >= 4 is 18.6 Å². The summed E-state index contributed by atoms with van der Waals surface area (Å²) >= 11 is 1.84. The lowest BCUT2D eigenvalue weighted by Gasteiger charge is -2.00. The summed E-state index contributed by atoms with van der Waals surface area (Å²) in [5.41, 5.74) is 3.85. The minimum absolute atomic E-state index is 1.27. The van der Waals surface area contributed by atoms with Gasteiger partial charge in [-0.3, -0.25) is 0 Å². The molecule has 1 aromatic heterocycles. The summed E-state index contributed by atoms with van der Waals surface area (Å²) in [5, 5.41) is 0. The van der Waals surface area contributed by atoms with Crippen molar-refractivity contribution in [1.29, 1.82) is 0 Å². The first-order chi connectivity index (χ1) is 11.3. The molecule has 0 unspecified atom stereocenters.